The molecule has 0 atom stereocenters. The van der Waals surface area contributed by atoms with Gasteiger partial charge in [-0.25, -0.2) is 0 Å². The monoisotopic (exact) mass is 342 g/mol. The van der Waals surface area contributed by atoms with Crippen LogP contribution in [-0.4, -0.2) is 0 Å². The van der Waals surface area contributed by atoms with E-state index in [9.17, 15) is 0 Å². The van der Waals surface area contributed by atoms with E-state index in [0.29, 0.717) is 0 Å². The summed E-state index contributed by atoms with van der Waals surface area (Å²) >= 11 is 3.58. The van der Waals surface area contributed by atoms with Crippen molar-refractivity contribution in [3.05, 3.63) is 57.6 Å². The van der Waals surface area contributed by atoms with Crippen LogP contribution in [0.2, 0.25) is 0 Å². The first-order valence-electron chi connectivity index (χ1n) is 8.18. The third-order valence-corrected chi connectivity index (χ3v) is 5.00. The van der Waals surface area contributed by atoms with Gasteiger partial charge >= 0.3 is 0 Å². The molecule has 0 saturated carbocycles. The number of aryl methyl sites for hydroxylation is 3. The van der Waals surface area contributed by atoms with E-state index in [1.54, 1.807) is 0 Å². The minimum Gasteiger partial charge on any atom is -0.0654 e. The highest BCUT2D eigenvalue weighted by Gasteiger charge is 2.16. The topological polar surface area (TPSA) is 0 Å². The standard InChI is InChI=1S/C20H23Br/c1-2-3-4-5-6-15-7-11-19-16(13-15)8-9-17-14-18(21)10-12-20(17)19/h7,10-14H,2-6,8-9H2,1H3. The van der Waals surface area contributed by atoms with Crippen LogP contribution >= 0.6 is 15.9 Å². The number of fused-ring (bicyclic) bond motifs is 3. The van der Waals surface area contributed by atoms with Gasteiger partial charge in [0.1, 0.15) is 0 Å². The van der Waals surface area contributed by atoms with E-state index < -0.39 is 0 Å². The maximum Gasteiger partial charge on any atom is 0.0178 e. The van der Waals surface area contributed by atoms with Crippen molar-refractivity contribution in [2.75, 3.05) is 0 Å². The van der Waals surface area contributed by atoms with Gasteiger partial charge in [-0.1, -0.05) is 66.4 Å². The number of hydrogen-bond acceptors (Lipinski definition) is 0. The highest BCUT2D eigenvalue weighted by atomic mass is 79.9. The van der Waals surface area contributed by atoms with E-state index in [-0.39, 0.29) is 0 Å². The first-order valence-corrected chi connectivity index (χ1v) is 8.98. The average molecular weight is 343 g/mol. The van der Waals surface area contributed by atoms with E-state index in [1.807, 2.05) is 0 Å². The van der Waals surface area contributed by atoms with Crippen LogP contribution in [-0.2, 0) is 19.3 Å². The molecular weight excluding hydrogens is 320 g/mol. The van der Waals surface area contributed by atoms with Crippen molar-refractivity contribution in [2.45, 2.75) is 51.9 Å². The summed E-state index contributed by atoms with van der Waals surface area (Å²) in [6.45, 7) is 2.27. The summed E-state index contributed by atoms with van der Waals surface area (Å²) in [4.78, 5) is 0. The summed E-state index contributed by atoms with van der Waals surface area (Å²) in [5.41, 5.74) is 7.41. The lowest BCUT2D eigenvalue weighted by Gasteiger charge is -2.21. The molecule has 0 heterocycles. The zero-order valence-corrected chi connectivity index (χ0v) is 14.4. The van der Waals surface area contributed by atoms with Gasteiger partial charge in [0.25, 0.3) is 0 Å². The zero-order valence-electron chi connectivity index (χ0n) is 12.8. The van der Waals surface area contributed by atoms with Gasteiger partial charge in [0, 0.05) is 4.47 Å². The van der Waals surface area contributed by atoms with Crippen LogP contribution in [0.5, 0.6) is 0 Å². The molecule has 0 aliphatic heterocycles. The molecule has 0 amide bonds. The van der Waals surface area contributed by atoms with Crippen molar-refractivity contribution in [3.8, 4) is 11.1 Å². The van der Waals surface area contributed by atoms with Gasteiger partial charge < -0.3 is 0 Å². The maximum atomic E-state index is 3.58. The minimum absolute atomic E-state index is 1.17. The van der Waals surface area contributed by atoms with E-state index in [1.165, 1.54) is 77.2 Å². The fraction of sp³-hybridized carbons (Fsp3) is 0.400. The number of unbranched alkanes of at least 4 members (excludes halogenated alkanes) is 3. The SMILES string of the molecule is CCCCCCc1ccc2c(c1)CCc1cc(Br)ccc1-2. The zero-order chi connectivity index (χ0) is 14.7. The van der Waals surface area contributed by atoms with Crippen LogP contribution in [0, 0.1) is 0 Å². The molecule has 110 valence electrons. The molecule has 1 aliphatic rings. The van der Waals surface area contributed by atoms with Crippen molar-refractivity contribution in [3.63, 3.8) is 0 Å². The summed E-state index contributed by atoms with van der Waals surface area (Å²) < 4.78 is 1.19. The second-order valence-corrected chi connectivity index (χ2v) is 7.02. The maximum absolute atomic E-state index is 3.58. The van der Waals surface area contributed by atoms with Crippen molar-refractivity contribution in [1.82, 2.24) is 0 Å². The molecule has 0 aromatic heterocycles. The molecule has 0 N–H and O–H groups in total. The normalized spacial score (nSPS) is 12.9. The number of benzene rings is 2. The lowest BCUT2D eigenvalue weighted by molar-refractivity contribution is 0.666. The van der Waals surface area contributed by atoms with E-state index in [0.717, 1.165) is 0 Å². The van der Waals surface area contributed by atoms with Crippen molar-refractivity contribution in [1.29, 1.82) is 0 Å². The second kappa shape index (κ2) is 6.79. The molecule has 0 saturated heterocycles. The molecule has 21 heavy (non-hydrogen) atoms. The molecule has 2 aromatic rings. The second-order valence-electron chi connectivity index (χ2n) is 6.10. The van der Waals surface area contributed by atoms with Crippen LogP contribution < -0.4 is 0 Å². The fourth-order valence-electron chi connectivity index (χ4n) is 3.33. The third kappa shape index (κ3) is 3.40. The van der Waals surface area contributed by atoms with E-state index >= 15 is 0 Å². The Morgan fingerprint density at radius 3 is 2.33 bits per heavy atom. The summed E-state index contributed by atoms with van der Waals surface area (Å²) in [5.74, 6) is 0. The van der Waals surface area contributed by atoms with Gasteiger partial charge in [0.05, 0.1) is 0 Å². The number of rotatable bonds is 5. The van der Waals surface area contributed by atoms with Gasteiger partial charge in [-0.15, -0.1) is 0 Å². The molecule has 0 unspecified atom stereocenters. The lowest BCUT2D eigenvalue weighted by atomic mass is 9.84. The minimum atomic E-state index is 1.17. The van der Waals surface area contributed by atoms with Gasteiger partial charge in [0.2, 0.25) is 0 Å². The highest BCUT2D eigenvalue weighted by Crippen LogP contribution is 2.35. The van der Waals surface area contributed by atoms with Crippen molar-refractivity contribution < 1.29 is 0 Å². The van der Waals surface area contributed by atoms with Crippen LogP contribution in [0.15, 0.2) is 40.9 Å². The summed E-state index contributed by atoms with van der Waals surface area (Å²) in [6, 6.07) is 13.8. The summed E-state index contributed by atoms with van der Waals surface area (Å²) in [7, 11) is 0. The predicted molar refractivity (Wildman–Crippen MR) is 94.8 cm³/mol. The Bertz CT molecular complexity index is 628. The third-order valence-electron chi connectivity index (χ3n) is 4.51. The molecule has 0 radical (unpaired) electrons. The van der Waals surface area contributed by atoms with Gasteiger partial charge in [-0.2, -0.15) is 0 Å². The van der Waals surface area contributed by atoms with Crippen molar-refractivity contribution >= 4 is 15.9 Å². The molecule has 0 nitrogen and oxygen atoms in total. The van der Waals surface area contributed by atoms with Crippen LogP contribution in [0.4, 0.5) is 0 Å². The Morgan fingerprint density at radius 1 is 0.857 bits per heavy atom. The lowest BCUT2D eigenvalue weighted by Crippen LogP contribution is -2.04. The van der Waals surface area contributed by atoms with Crippen LogP contribution in [0.25, 0.3) is 11.1 Å². The predicted octanol–water partition coefficient (Wildman–Crippen LogP) is 6.34. The molecular formula is C20H23Br. The number of hydrogen-bond donors (Lipinski definition) is 0. The highest BCUT2D eigenvalue weighted by molar-refractivity contribution is 9.10. The first kappa shape index (κ1) is 14.8. The molecule has 0 spiro atoms. The Balaban J connectivity index is 1.80. The van der Waals surface area contributed by atoms with Crippen LogP contribution in [0.3, 0.4) is 0 Å². The fourth-order valence-corrected chi connectivity index (χ4v) is 3.74. The first-order chi connectivity index (χ1) is 10.3. The van der Waals surface area contributed by atoms with Gasteiger partial charge in [0.15, 0.2) is 0 Å². The molecule has 0 fully saturated rings. The molecule has 1 aliphatic carbocycles. The number of halogens is 1. The molecule has 2 aromatic carbocycles. The Kier molecular flexibility index (Phi) is 4.80. The Labute approximate surface area is 136 Å². The van der Waals surface area contributed by atoms with Crippen LogP contribution in [0.1, 0.15) is 49.3 Å². The average Bonchev–Trinajstić information content (AvgIpc) is 2.51. The summed E-state index contributed by atoms with van der Waals surface area (Å²) in [5, 5.41) is 0. The Hall–Kier alpha value is -1.08. The van der Waals surface area contributed by atoms with E-state index in [4.69, 9.17) is 0 Å². The molecule has 3 rings (SSSR count). The van der Waals surface area contributed by atoms with Gasteiger partial charge in [-0.3, -0.25) is 0 Å². The smallest absolute Gasteiger partial charge is 0.0178 e. The Morgan fingerprint density at radius 2 is 1.57 bits per heavy atom. The quantitative estimate of drug-likeness (QED) is 0.556. The van der Waals surface area contributed by atoms with E-state index in [2.05, 4.69) is 59.3 Å². The molecule has 0 bridgehead atoms. The largest absolute Gasteiger partial charge is 0.0654 e. The molecule has 1 heteroatoms. The van der Waals surface area contributed by atoms with Gasteiger partial charge in [-0.05, 0) is 65.6 Å². The van der Waals surface area contributed by atoms with Crippen molar-refractivity contribution in [2.24, 2.45) is 0 Å². The summed E-state index contributed by atoms with van der Waals surface area (Å²) in [6.07, 6.45) is 8.97.